The van der Waals surface area contributed by atoms with Crippen LogP contribution in [0, 0.1) is 6.92 Å². The van der Waals surface area contributed by atoms with Crippen LogP contribution in [0.1, 0.15) is 43.9 Å². The second-order valence-corrected chi connectivity index (χ2v) is 6.44. The average molecular weight is 369 g/mol. The summed E-state index contributed by atoms with van der Waals surface area (Å²) in [6.45, 7) is 4.42. The standard InChI is InChI=1S/C21H27N3O3/c1-3-4-5-9-14-24(16-20(25)22-19-15-17(2)27-23-19)21(26)13-12-18-10-7-6-8-11-18/h6-8,10-13,15H,3-5,9,14,16H2,1-2H3,(H,22,23,25)/b13-12+. The first kappa shape index (κ1) is 20.4. The van der Waals surface area contributed by atoms with Crippen molar-refractivity contribution in [2.45, 2.75) is 39.5 Å². The zero-order valence-electron chi connectivity index (χ0n) is 16.0. The highest BCUT2D eigenvalue weighted by Gasteiger charge is 2.16. The largest absolute Gasteiger partial charge is 0.360 e. The number of carbonyl (C=O) groups is 2. The highest BCUT2D eigenvalue weighted by molar-refractivity contribution is 5.97. The number of anilines is 1. The molecule has 27 heavy (non-hydrogen) atoms. The number of nitrogens with one attached hydrogen (secondary N) is 1. The van der Waals surface area contributed by atoms with E-state index in [1.807, 2.05) is 30.3 Å². The molecule has 6 heteroatoms. The quantitative estimate of drug-likeness (QED) is 0.506. The molecule has 0 aliphatic heterocycles. The molecule has 1 N–H and O–H groups in total. The van der Waals surface area contributed by atoms with E-state index < -0.39 is 0 Å². The van der Waals surface area contributed by atoms with Crippen LogP contribution in [0.3, 0.4) is 0 Å². The van der Waals surface area contributed by atoms with Crippen LogP contribution in [-0.4, -0.2) is 35.0 Å². The Hall–Kier alpha value is -2.89. The highest BCUT2D eigenvalue weighted by atomic mass is 16.5. The van der Waals surface area contributed by atoms with Gasteiger partial charge in [0.2, 0.25) is 11.8 Å². The molecule has 0 radical (unpaired) electrons. The van der Waals surface area contributed by atoms with E-state index in [4.69, 9.17) is 4.52 Å². The number of nitrogens with zero attached hydrogens (tertiary/aromatic N) is 2. The van der Waals surface area contributed by atoms with Gasteiger partial charge in [0.15, 0.2) is 5.82 Å². The summed E-state index contributed by atoms with van der Waals surface area (Å²) in [7, 11) is 0. The number of unbranched alkanes of at least 4 members (excludes halogenated alkanes) is 3. The maximum absolute atomic E-state index is 12.6. The van der Waals surface area contributed by atoms with E-state index >= 15 is 0 Å². The lowest BCUT2D eigenvalue weighted by molar-refractivity contribution is -0.130. The number of amides is 2. The molecule has 0 saturated carbocycles. The van der Waals surface area contributed by atoms with Crippen LogP contribution in [-0.2, 0) is 9.59 Å². The fourth-order valence-corrected chi connectivity index (χ4v) is 2.61. The Morgan fingerprint density at radius 1 is 1.19 bits per heavy atom. The summed E-state index contributed by atoms with van der Waals surface area (Å²) in [5, 5.41) is 6.41. The van der Waals surface area contributed by atoms with Gasteiger partial charge in [-0.05, 0) is 25.0 Å². The molecule has 0 bridgehead atoms. The summed E-state index contributed by atoms with van der Waals surface area (Å²) in [5.74, 6) is 0.501. The molecule has 2 amide bonds. The average Bonchev–Trinajstić information content (AvgIpc) is 3.07. The second-order valence-electron chi connectivity index (χ2n) is 6.44. The fraction of sp³-hybridized carbons (Fsp3) is 0.381. The van der Waals surface area contributed by atoms with Crippen LogP contribution >= 0.6 is 0 Å². The third kappa shape index (κ3) is 7.48. The summed E-state index contributed by atoms with van der Waals surface area (Å²) >= 11 is 0. The molecular formula is C21H27N3O3. The van der Waals surface area contributed by atoms with Crippen LogP contribution in [0.15, 0.2) is 47.0 Å². The molecule has 0 spiro atoms. The van der Waals surface area contributed by atoms with E-state index in [0.29, 0.717) is 18.1 Å². The highest BCUT2D eigenvalue weighted by Crippen LogP contribution is 2.08. The van der Waals surface area contributed by atoms with Gasteiger partial charge in [0, 0.05) is 18.7 Å². The zero-order chi connectivity index (χ0) is 19.5. The van der Waals surface area contributed by atoms with Crippen molar-refractivity contribution in [1.29, 1.82) is 0 Å². The molecular weight excluding hydrogens is 342 g/mol. The van der Waals surface area contributed by atoms with Gasteiger partial charge in [0.25, 0.3) is 0 Å². The molecule has 1 heterocycles. The molecule has 0 fully saturated rings. The minimum atomic E-state index is -0.291. The number of aryl methyl sites for hydroxylation is 1. The van der Waals surface area contributed by atoms with Gasteiger partial charge in [-0.25, -0.2) is 0 Å². The monoisotopic (exact) mass is 369 g/mol. The molecule has 6 nitrogen and oxygen atoms in total. The van der Waals surface area contributed by atoms with Crippen molar-refractivity contribution in [3.05, 3.63) is 53.8 Å². The first-order valence-corrected chi connectivity index (χ1v) is 9.33. The minimum Gasteiger partial charge on any atom is -0.360 e. The van der Waals surface area contributed by atoms with Crippen molar-refractivity contribution in [3.8, 4) is 0 Å². The second kappa shape index (κ2) is 11.0. The lowest BCUT2D eigenvalue weighted by atomic mass is 10.2. The topological polar surface area (TPSA) is 75.4 Å². The van der Waals surface area contributed by atoms with Crippen molar-refractivity contribution in [2.24, 2.45) is 0 Å². The van der Waals surface area contributed by atoms with Crippen LogP contribution in [0.4, 0.5) is 5.82 Å². The maximum atomic E-state index is 12.6. The summed E-state index contributed by atoms with van der Waals surface area (Å²) in [6.07, 6.45) is 7.42. The predicted molar refractivity (Wildman–Crippen MR) is 106 cm³/mol. The zero-order valence-corrected chi connectivity index (χ0v) is 16.0. The van der Waals surface area contributed by atoms with Gasteiger partial charge >= 0.3 is 0 Å². The predicted octanol–water partition coefficient (Wildman–Crippen LogP) is 4.04. The Labute approximate surface area is 160 Å². The van der Waals surface area contributed by atoms with Gasteiger partial charge in [-0.15, -0.1) is 0 Å². The van der Waals surface area contributed by atoms with Crippen molar-refractivity contribution < 1.29 is 14.1 Å². The van der Waals surface area contributed by atoms with Crippen molar-refractivity contribution in [1.82, 2.24) is 10.1 Å². The lowest BCUT2D eigenvalue weighted by Crippen LogP contribution is -2.37. The van der Waals surface area contributed by atoms with Crippen LogP contribution in [0.5, 0.6) is 0 Å². The van der Waals surface area contributed by atoms with E-state index in [0.717, 1.165) is 31.2 Å². The van der Waals surface area contributed by atoms with Gasteiger partial charge in [0.1, 0.15) is 12.3 Å². The molecule has 0 unspecified atom stereocenters. The van der Waals surface area contributed by atoms with Gasteiger partial charge in [-0.2, -0.15) is 0 Å². The van der Waals surface area contributed by atoms with Crippen molar-refractivity contribution in [3.63, 3.8) is 0 Å². The Kier molecular flexibility index (Phi) is 8.29. The lowest BCUT2D eigenvalue weighted by Gasteiger charge is -2.20. The molecule has 0 atom stereocenters. The third-order valence-corrected chi connectivity index (χ3v) is 4.04. The number of aromatic nitrogens is 1. The van der Waals surface area contributed by atoms with Crippen LogP contribution in [0.2, 0.25) is 0 Å². The summed E-state index contributed by atoms with van der Waals surface area (Å²) in [4.78, 5) is 26.5. The van der Waals surface area contributed by atoms with E-state index in [1.54, 1.807) is 24.0 Å². The Morgan fingerprint density at radius 2 is 1.96 bits per heavy atom. The van der Waals surface area contributed by atoms with Crippen LogP contribution in [0.25, 0.3) is 6.08 Å². The maximum Gasteiger partial charge on any atom is 0.247 e. The minimum absolute atomic E-state index is 0.0179. The molecule has 1 aromatic heterocycles. The molecule has 2 aromatic rings. The first-order chi connectivity index (χ1) is 13.1. The van der Waals surface area contributed by atoms with Crippen molar-refractivity contribution in [2.75, 3.05) is 18.4 Å². The molecule has 1 aromatic carbocycles. The third-order valence-electron chi connectivity index (χ3n) is 4.04. The molecule has 144 valence electrons. The van der Waals surface area contributed by atoms with Crippen LogP contribution < -0.4 is 5.32 Å². The smallest absolute Gasteiger partial charge is 0.247 e. The molecule has 0 aliphatic carbocycles. The Balaban J connectivity index is 1.97. The number of rotatable bonds is 10. The normalized spacial score (nSPS) is 10.9. The summed E-state index contributed by atoms with van der Waals surface area (Å²) in [5.41, 5.74) is 0.944. The van der Waals surface area contributed by atoms with E-state index in [-0.39, 0.29) is 18.4 Å². The number of hydrogen-bond donors (Lipinski definition) is 1. The number of benzene rings is 1. The molecule has 0 saturated heterocycles. The molecule has 2 rings (SSSR count). The van der Waals surface area contributed by atoms with Crippen molar-refractivity contribution >= 4 is 23.7 Å². The SMILES string of the molecule is CCCCCCN(CC(=O)Nc1cc(C)on1)C(=O)/C=C/c1ccccc1. The van der Waals surface area contributed by atoms with Gasteiger partial charge in [-0.1, -0.05) is 61.7 Å². The Bertz CT molecular complexity index is 753. The first-order valence-electron chi connectivity index (χ1n) is 9.33. The van der Waals surface area contributed by atoms with Gasteiger partial charge < -0.3 is 14.7 Å². The number of hydrogen-bond acceptors (Lipinski definition) is 4. The fourth-order valence-electron chi connectivity index (χ4n) is 2.61. The summed E-state index contributed by atoms with van der Waals surface area (Å²) < 4.78 is 4.94. The van der Waals surface area contributed by atoms with E-state index in [9.17, 15) is 9.59 Å². The number of carbonyl (C=O) groups excluding carboxylic acids is 2. The van der Waals surface area contributed by atoms with E-state index in [2.05, 4.69) is 17.4 Å². The summed E-state index contributed by atoms with van der Waals surface area (Å²) in [6, 6.07) is 11.2. The van der Waals surface area contributed by atoms with Gasteiger partial charge in [-0.3, -0.25) is 9.59 Å². The van der Waals surface area contributed by atoms with Gasteiger partial charge in [0.05, 0.1) is 0 Å². The Morgan fingerprint density at radius 3 is 2.63 bits per heavy atom. The van der Waals surface area contributed by atoms with E-state index in [1.165, 1.54) is 6.08 Å². The molecule has 0 aliphatic rings.